The number of benzene rings is 1. The van der Waals surface area contributed by atoms with Crippen LogP contribution in [0.3, 0.4) is 0 Å². The van der Waals surface area contributed by atoms with E-state index in [1.165, 1.54) is 5.56 Å². The highest BCUT2D eigenvalue weighted by molar-refractivity contribution is 5.66. The Morgan fingerprint density at radius 2 is 2.13 bits per heavy atom. The van der Waals surface area contributed by atoms with Crippen molar-refractivity contribution in [3.63, 3.8) is 0 Å². The summed E-state index contributed by atoms with van der Waals surface area (Å²) in [7, 11) is 1.73. The van der Waals surface area contributed by atoms with Gasteiger partial charge in [0.05, 0.1) is 11.4 Å². The number of nitrogens with one attached hydrogen (secondary N) is 1. The molecule has 0 amide bonds. The first-order valence-electron chi connectivity index (χ1n) is 5.33. The highest BCUT2D eigenvalue weighted by Crippen LogP contribution is 2.19. The molecule has 0 radical (unpaired) electrons. The topological polar surface area (TPSA) is 47.3 Å². The highest BCUT2D eigenvalue weighted by atomic mass is 16.5. The van der Waals surface area contributed by atoms with Crippen molar-refractivity contribution in [2.75, 3.05) is 31.3 Å². The van der Waals surface area contributed by atoms with Crippen LogP contribution < -0.4 is 11.1 Å². The lowest BCUT2D eigenvalue weighted by molar-refractivity contribution is 0.194. The average Bonchev–Trinajstić information content (AvgIpc) is 2.23. The van der Waals surface area contributed by atoms with E-state index in [1.54, 1.807) is 7.11 Å². The summed E-state index contributed by atoms with van der Waals surface area (Å²) in [5.41, 5.74) is 8.92. The molecule has 3 N–H and O–H groups in total. The maximum Gasteiger partial charge on any atom is 0.0576 e. The molecule has 0 unspecified atom stereocenters. The lowest BCUT2D eigenvalue weighted by Crippen LogP contribution is -2.05. The Morgan fingerprint density at radius 1 is 1.33 bits per heavy atom. The summed E-state index contributed by atoms with van der Waals surface area (Å²) >= 11 is 0. The molecule has 3 heteroatoms. The minimum atomic E-state index is 0.812. The molecule has 3 nitrogen and oxygen atoms in total. The van der Waals surface area contributed by atoms with E-state index >= 15 is 0 Å². The van der Waals surface area contributed by atoms with Crippen LogP contribution in [-0.2, 0) is 4.74 Å². The third-order valence-electron chi connectivity index (χ3n) is 2.30. The number of unbranched alkanes of at least 4 members (excludes halogenated alkanes) is 1. The van der Waals surface area contributed by atoms with Gasteiger partial charge in [-0.2, -0.15) is 0 Å². The van der Waals surface area contributed by atoms with Crippen molar-refractivity contribution in [3.8, 4) is 0 Å². The van der Waals surface area contributed by atoms with Gasteiger partial charge >= 0.3 is 0 Å². The summed E-state index contributed by atoms with van der Waals surface area (Å²) in [4.78, 5) is 0. The van der Waals surface area contributed by atoms with Crippen LogP contribution >= 0.6 is 0 Å². The molecule has 0 aliphatic rings. The Hall–Kier alpha value is -1.22. The van der Waals surface area contributed by atoms with Gasteiger partial charge < -0.3 is 15.8 Å². The Morgan fingerprint density at radius 3 is 2.87 bits per heavy atom. The molecule has 1 aromatic rings. The quantitative estimate of drug-likeness (QED) is 0.557. The number of hydrogen-bond acceptors (Lipinski definition) is 3. The van der Waals surface area contributed by atoms with Crippen molar-refractivity contribution in [3.05, 3.63) is 23.8 Å². The zero-order valence-electron chi connectivity index (χ0n) is 9.55. The molecule has 0 atom stereocenters. The average molecular weight is 208 g/mol. The molecule has 0 bridgehead atoms. The number of hydrogen-bond donors (Lipinski definition) is 2. The number of nitrogens with two attached hydrogens (primary N) is 1. The van der Waals surface area contributed by atoms with E-state index in [2.05, 4.69) is 18.3 Å². The van der Waals surface area contributed by atoms with Gasteiger partial charge in [0.1, 0.15) is 0 Å². The fourth-order valence-electron chi connectivity index (χ4n) is 1.42. The molecule has 0 heterocycles. The van der Waals surface area contributed by atoms with Crippen LogP contribution in [0.1, 0.15) is 18.4 Å². The number of methoxy groups -OCH3 is 1. The van der Waals surface area contributed by atoms with E-state index in [4.69, 9.17) is 10.5 Å². The van der Waals surface area contributed by atoms with Gasteiger partial charge in [-0.15, -0.1) is 0 Å². The number of aryl methyl sites for hydroxylation is 1. The van der Waals surface area contributed by atoms with Gasteiger partial charge in [0, 0.05) is 20.3 Å². The van der Waals surface area contributed by atoms with Crippen LogP contribution in [0.25, 0.3) is 0 Å². The van der Waals surface area contributed by atoms with E-state index in [0.29, 0.717) is 0 Å². The van der Waals surface area contributed by atoms with E-state index in [-0.39, 0.29) is 0 Å². The predicted molar refractivity (Wildman–Crippen MR) is 65.2 cm³/mol. The lowest BCUT2D eigenvalue weighted by atomic mass is 10.2. The Labute approximate surface area is 91.6 Å². The summed E-state index contributed by atoms with van der Waals surface area (Å²) < 4.78 is 4.98. The molecule has 15 heavy (non-hydrogen) atoms. The van der Waals surface area contributed by atoms with E-state index in [9.17, 15) is 0 Å². The third kappa shape index (κ3) is 4.21. The highest BCUT2D eigenvalue weighted by Gasteiger charge is 1.97. The molecule has 84 valence electrons. The minimum absolute atomic E-state index is 0.812. The molecular weight excluding hydrogens is 188 g/mol. The Balaban J connectivity index is 2.33. The molecule has 1 aromatic carbocycles. The molecule has 0 aliphatic heterocycles. The van der Waals surface area contributed by atoms with Crippen LogP contribution in [0.2, 0.25) is 0 Å². The van der Waals surface area contributed by atoms with Gasteiger partial charge in [-0.3, -0.25) is 0 Å². The second-order valence-corrected chi connectivity index (χ2v) is 3.72. The second kappa shape index (κ2) is 6.30. The van der Waals surface area contributed by atoms with Gasteiger partial charge in [-0.25, -0.2) is 0 Å². The summed E-state index contributed by atoms with van der Waals surface area (Å²) in [6.45, 7) is 3.83. The summed E-state index contributed by atoms with van der Waals surface area (Å²) in [5, 5.41) is 3.33. The molecule has 1 rings (SSSR count). The Kier molecular flexibility index (Phi) is 4.98. The largest absolute Gasteiger partial charge is 0.397 e. The standard InChI is InChI=1S/C12H20N2O/c1-10-5-6-11(13)12(9-10)14-7-3-4-8-15-2/h5-6,9,14H,3-4,7-8,13H2,1-2H3. The third-order valence-corrected chi connectivity index (χ3v) is 2.30. The Bertz CT molecular complexity index is 300. The van der Waals surface area contributed by atoms with Gasteiger partial charge in [0.2, 0.25) is 0 Å². The lowest BCUT2D eigenvalue weighted by Gasteiger charge is -2.09. The smallest absolute Gasteiger partial charge is 0.0576 e. The fourth-order valence-corrected chi connectivity index (χ4v) is 1.42. The summed E-state index contributed by atoms with van der Waals surface area (Å²) in [6, 6.07) is 6.03. The van der Waals surface area contributed by atoms with Gasteiger partial charge in [-0.1, -0.05) is 6.07 Å². The van der Waals surface area contributed by atoms with Gasteiger partial charge in [0.15, 0.2) is 0 Å². The normalized spacial score (nSPS) is 10.3. The first-order chi connectivity index (χ1) is 7.24. The number of nitrogen functional groups attached to an aromatic ring is 1. The van der Waals surface area contributed by atoms with Crippen molar-refractivity contribution in [1.82, 2.24) is 0 Å². The van der Waals surface area contributed by atoms with E-state index < -0.39 is 0 Å². The second-order valence-electron chi connectivity index (χ2n) is 3.72. The first-order valence-corrected chi connectivity index (χ1v) is 5.33. The minimum Gasteiger partial charge on any atom is -0.397 e. The number of anilines is 2. The van der Waals surface area contributed by atoms with Gasteiger partial charge in [-0.05, 0) is 37.5 Å². The van der Waals surface area contributed by atoms with Crippen LogP contribution in [0, 0.1) is 6.92 Å². The van der Waals surface area contributed by atoms with Crippen molar-refractivity contribution in [1.29, 1.82) is 0 Å². The zero-order valence-corrected chi connectivity index (χ0v) is 9.55. The van der Waals surface area contributed by atoms with Crippen molar-refractivity contribution in [2.24, 2.45) is 0 Å². The van der Waals surface area contributed by atoms with Crippen LogP contribution in [0.4, 0.5) is 11.4 Å². The van der Waals surface area contributed by atoms with Gasteiger partial charge in [0.25, 0.3) is 0 Å². The molecule has 0 aromatic heterocycles. The summed E-state index contributed by atoms with van der Waals surface area (Å²) in [5.74, 6) is 0. The molecule has 0 saturated heterocycles. The number of rotatable bonds is 6. The van der Waals surface area contributed by atoms with Crippen molar-refractivity contribution in [2.45, 2.75) is 19.8 Å². The molecule has 0 spiro atoms. The molecule has 0 saturated carbocycles. The first kappa shape index (κ1) is 11.9. The van der Waals surface area contributed by atoms with Crippen molar-refractivity contribution < 1.29 is 4.74 Å². The van der Waals surface area contributed by atoms with E-state index in [0.717, 1.165) is 37.4 Å². The number of ether oxygens (including phenoxy) is 1. The predicted octanol–water partition coefficient (Wildman–Crippen LogP) is 2.42. The van der Waals surface area contributed by atoms with Crippen LogP contribution in [0.5, 0.6) is 0 Å². The molecule has 0 aliphatic carbocycles. The van der Waals surface area contributed by atoms with Crippen LogP contribution in [0.15, 0.2) is 18.2 Å². The molecule has 0 fully saturated rings. The van der Waals surface area contributed by atoms with E-state index in [1.807, 2.05) is 12.1 Å². The fraction of sp³-hybridized carbons (Fsp3) is 0.500. The maximum atomic E-state index is 5.84. The molecular formula is C12H20N2O. The zero-order chi connectivity index (χ0) is 11.1. The van der Waals surface area contributed by atoms with Crippen molar-refractivity contribution >= 4 is 11.4 Å². The van der Waals surface area contributed by atoms with Crippen LogP contribution in [-0.4, -0.2) is 20.3 Å². The maximum absolute atomic E-state index is 5.84. The monoisotopic (exact) mass is 208 g/mol. The SMILES string of the molecule is COCCCCNc1cc(C)ccc1N. The summed E-state index contributed by atoms with van der Waals surface area (Å²) in [6.07, 6.45) is 2.18.